The predicted molar refractivity (Wildman–Crippen MR) is 150 cm³/mol. The Labute approximate surface area is 234 Å². The maximum Gasteiger partial charge on any atom is 0.229 e. The number of nitrogens with one attached hydrogen (secondary N) is 3. The largest absolute Gasteiger partial charge is 0.356 e. The molecule has 0 bridgehead atoms. The van der Waals surface area contributed by atoms with Gasteiger partial charge in [-0.1, -0.05) is 75.4 Å². The lowest BCUT2D eigenvalue weighted by molar-refractivity contribution is -0.120. The van der Waals surface area contributed by atoms with Crippen LogP contribution in [0, 0.1) is 23.0 Å². The van der Waals surface area contributed by atoms with Gasteiger partial charge in [0.1, 0.15) is 11.6 Å². The minimum atomic E-state index is -0.559. The zero-order valence-corrected chi connectivity index (χ0v) is 23.6. The van der Waals surface area contributed by atoms with Crippen LogP contribution in [-0.2, 0) is 9.59 Å². The van der Waals surface area contributed by atoms with E-state index in [-0.39, 0.29) is 33.3 Å². The van der Waals surface area contributed by atoms with E-state index < -0.39 is 17.6 Å². The molecule has 3 unspecified atom stereocenters. The average Bonchev–Trinajstić information content (AvgIpc) is 3.26. The standard InChI is InChI=1S/C22H24Cl2F2N2O.C7H13NO/c1-22(2,3)10-18-19(21(29)28-12-7-8-17(25)16(24)9-12)14(11-27-18)13-5-4-6-15(23)20(13)26;9-6-8-7-4-2-1-3-5-7/h4-9,14,18-19,27H,10-11H2,1-3H3,(H,28,29);6-7H,1-5H2,(H,8,9). The molecule has 4 rings (SSSR count). The Bertz CT molecular complexity index is 1100. The lowest BCUT2D eigenvalue weighted by Gasteiger charge is -2.29. The second kappa shape index (κ2) is 13.7. The summed E-state index contributed by atoms with van der Waals surface area (Å²) < 4.78 is 28.2. The number of anilines is 1. The van der Waals surface area contributed by atoms with Gasteiger partial charge in [0, 0.05) is 30.2 Å². The van der Waals surface area contributed by atoms with Crippen LogP contribution in [0.5, 0.6) is 0 Å². The molecule has 2 aromatic rings. The Hall–Kier alpha value is -2.22. The van der Waals surface area contributed by atoms with Gasteiger partial charge >= 0.3 is 0 Å². The average molecular weight is 569 g/mol. The third kappa shape index (κ3) is 8.39. The molecule has 9 heteroatoms. The first kappa shape index (κ1) is 30.3. The van der Waals surface area contributed by atoms with E-state index in [0.717, 1.165) is 12.8 Å². The van der Waals surface area contributed by atoms with Crippen LogP contribution in [0.2, 0.25) is 10.0 Å². The smallest absolute Gasteiger partial charge is 0.229 e. The lowest BCUT2D eigenvalue weighted by atomic mass is 9.78. The fourth-order valence-electron chi connectivity index (χ4n) is 5.31. The Morgan fingerprint density at radius 2 is 1.79 bits per heavy atom. The maximum absolute atomic E-state index is 14.7. The van der Waals surface area contributed by atoms with E-state index in [2.05, 4.69) is 36.7 Å². The summed E-state index contributed by atoms with van der Waals surface area (Å²) in [7, 11) is 0. The van der Waals surface area contributed by atoms with Crippen LogP contribution in [0.25, 0.3) is 0 Å². The summed E-state index contributed by atoms with van der Waals surface area (Å²) in [5.41, 5.74) is 0.781. The molecule has 1 aliphatic carbocycles. The van der Waals surface area contributed by atoms with Gasteiger partial charge in [-0.25, -0.2) is 8.78 Å². The van der Waals surface area contributed by atoms with Gasteiger partial charge < -0.3 is 16.0 Å². The summed E-state index contributed by atoms with van der Waals surface area (Å²) in [5, 5.41) is 8.97. The highest BCUT2D eigenvalue weighted by atomic mass is 35.5. The number of carbonyl (C=O) groups excluding carboxylic acids is 2. The van der Waals surface area contributed by atoms with E-state index in [9.17, 15) is 18.4 Å². The third-order valence-electron chi connectivity index (χ3n) is 7.08. The third-order valence-corrected chi connectivity index (χ3v) is 7.66. The molecule has 3 atom stereocenters. The van der Waals surface area contributed by atoms with Crippen molar-refractivity contribution in [3.05, 3.63) is 63.6 Å². The molecular formula is C29H37Cl2F2N3O2. The van der Waals surface area contributed by atoms with Crippen molar-refractivity contribution in [2.45, 2.75) is 77.3 Å². The van der Waals surface area contributed by atoms with Gasteiger partial charge in [0.25, 0.3) is 0 Å². The van der Waals surface area contributed by atoms with Crippen molar-refractivity contribution in [3.8, 4) is 0 Å². The zero-order valence-electron chi connectivity index (χ0n) is 22.1. The molecule has 2 fully saturated rings. The number of hydrogen-bond acceptors (Lipinski definition) is 3. The summed E-state index contributed by atoms with van der Waals surface area (Å²) in [6.07, 6.45) is 7.81. The monoisotopic (exact) mass is 567 g/mol. The van der Waals surface area contributed by atoms with Gasteiger partial charge in [-0.05, 0) is 54.5 Å². The number of carbonyl (C=O) groups is 2. The van der Waals surface area contributed by atoms with E-state index in [4.69, 9.17) is 23.2 Å². The van der Waals surface area contributed by atoms with Crippen molar-refractivity contribution < 1.29 is 18.4 Å². The van der Waals surface area contributed by atoms with E-state index in [1.807, 2.05) is 0 Å². The van der Waals surface area contributed by atoms with Crippen molar-refractivity contribution >= 4 is 41.2 Å². The van der Waals surface area contributed by atoms with Gasteiger partial charge in [-0.15, -0.1) is 0 Å². The molecule has 0 radical (unpaired) electrons. The van der Waals surface area contributed by atoms with Crippen molar-refractivity contribution in [1.29, 1.82) is 0 Å². The second-order valence-corrected chi connectivity index (χ2v) is 12.1. The first-order chi connectivity index (χ1) is 18.0. The van der Waals surface area contributed by atoms with Gasteiger partial charge in [-0.2, -0.15) is 0 Å². The molecule has 2 aromatic carbocycles. The molecule has 1 heterocycles. The fourth-order valence-corrected chi connectivity index (χ4v) is 5.67. The number of benzene rings is 2. The lowest BCUT2D eigenvalue weighted by Crippen LogP contribution is -2.38. The van der Waals surface area contributed by atoms with Crippen LogP contribution >= 0.6 is 23.2 Å². The quantitative estimate of drug-likeness (QED) is 0.326. The summed E-state index contributed by atoms with van der Waals surface area (Å²) >= 11 is 11.8. The summed E-state index contributed by atoms with van der Waals surface area (Å²) in [6, 6.07) is 9.20. The van der Waals surface area contributed by atoms with Crippen LogP contribution in [0.3, 0.4) is 0 Å². The number of hydrogen-bond donors (Lipinski definition) is 3. The molecule has 208 valence electrons. The molecule has 0 spiro atoms. The number of rotatable bonds is 6. The topological polar surface area (TPSA) is 70.2 Å². The van der Waals surface area contributed by atoms with Crippen LogP contribution in [0.4, 0.5) is 14.5 Å². The Morgan fingerprint density at radius 1 is 1.08 bits per heavy atom. The Balaban J connectivity index is 0.000000375. The molecule has 1 saturated heterocycles. The summed E-state index contributed by atoms with van der Waals surface area (Å²) in [5.74, 6) is -2.23. The minimum Gasteiger partial charge on any atom is -0.356 e. The van der Waals surface area contributed by atoms with Gasteiger partial charge in [0.05, 0.1) is 16.0 Å². The zero-order chi connectivity index (χ0) is 27.9. The van der Waals surface area contributed by atoms with E-state index >= 15 is 0 Å². The van der Waals surface area contributed by atoms with Crippen LogP contribution < -0.4 is 16.0 Å². The molecular weight excluding hydrogens is 531 g/mol. The summed E-state index contributed by atoms with van der Waals surface area (Å²) in [6.45, 7) is 6.74. The van der Waals surface area contributed by atoms with Crippen molar-refractivity contribution in [2.24, 2.45) is 11.3 Å². The molecule has 1 aliphatic heterocycles. The van der Waals surface area contributed by atoms with E-state index in [1.165, 1.54) is 56.4 Å². The van der Waals surface area contributed by atoms with E-state index in [1.54, 1.807) is 12.1 Å². The molecule has 5 nitrogen and oxygen atoms in total. The first-order valence-electron chi connectivity index (χ1n) is 13.1. The molecule has 2 amide bonds. The predicted octanol–water partition coefficient (Wildman–Crippen LogP) is 7.08. The SMILES string of the molecule is CC(C)(C)CC1NCC(c2cccc(Cl)c2F)C1C(=O)Nc1ccc(F)c(Cl)c1.O=CNC1CCCCC1. The maximum atomic E-state index is 14.7. The highest BCUT2D eigenvalue weighted by molar-refractivity contribution is 6.31. The van der Waals surface area contributed by atoms with Crippen molar-refractivity contribution in [2.75, 3.05) is 11.9 Å². The summed E-state index contributed by atoms with van der Waals surface area (Å²) in [4.78, 5) is 23.2. The molecule has 0 aromatic heterocycles. The van der Waals surface area contributed by atoms with Crippen LogP contribution in [0.1, 0.15) is 70.8 Å². The first-order valence-corrected chi connectivity index (χ1v) is 13.9. The fraction of sp³-hybridized carbons (Fsp3) is 0.517. The number of halogens is 4. The normalized spacial score (nSPS) is 21.8. The molecule has 1 saturated carbocycles. The van der Waals surface area contributed by atoms with Gasteiger partial charge in [-0.3, -0.25) is 9.59 Å². The molecule has 3 N–H and O–H groups in total. The second-order valence-electron chi connectivity index (χ2n) is 11.3. The Kier molecular flexibility index (Phi) is 10.9. The number of amides is 2. The minimum absolute atomic E-state index is 0.0306. The highest BCUT2D eigenvalue weighted by Crippen LogP contribution is 2.39. The van der Waals surface area contributed by atoms with Crippen molar-refractivity contribution in [1.82, 2.24) is 10.6 Å². The Morgan fingerprint density at radius 3 is 2.42 bits per heavy atom. The van der Waals surface area contributed by atoms with E-state index in [0.29, 0.717) is 23.8 Å². The molecule has 2 aliphatic rings. The molecule has 38 heavy (non-hydrogen) atoms. The van der Waals surface area contributed by atoms with Crippen LogP contribution in [-0.4, -0.2) is 30.9 Å². The van der Waals surface area contributed by atoms with Gasteiger partial charge in [0.15, 0.2) is 0 Å². The van der Waals surface area contributed by atoms with Crippen LogP contribution in [0.15, 0.2) is 36.4 Å². The highest BCUT2D eigenvalue weighted by Gasteiger charge is 2.44. The van der Waals surface area contributed by atoms with Gasteiger partial charge in [0.2, 0.25) is 12.3 Å². The van der Waals surface area contributed by atoms with Crippen molar-refractivity contribution in [3.63, 3.8) is 0 Å².